The molecule has 1 amide bonds. The summed E-state index contributed by atoms with van der Waals surface area (Å²) in [6.45, 7) is 3.93. The van der Waals surface area contributed by atoms with Crippen LogP contribution in [-0.2, 0) is 11.3 Å². The highest BCUT2D eigenvalue weighted by Crippen LogP contribution is 2.32. The van der Waals surface area contributed by atoms with Gasteiger partial charge in [0.05, 0.1) is 19.2 Å². The van der Waals surface area contributed by atoms with Crippen LogP contribution in [0.1, 0.15) is 54.9 Å². The van der Waals surface area contributed by atoms with Crippen molar-refractivity contribution in [3.63, 3.8) is 0 Å². The number of methoxy groups -OCH3 is 1. The number of nitrogens with one attached hydrogen (secondary N) is 1. The lowest BCUT2D eigenvalue weighted by Gasteiger charge is -2.18. The second kappa shape index (κ2) is 9.74. The Bertz CT molecular complexity index is 1360. The first-order valence-corrected chi connectivity index (χ1v) is 10.8. The predicted octanol–water partition coefficient (Wildman–Crippen LogP) is 2.75. The highest BCUT2D eigenvalue weighted by molar-refractivity contribution is 5.77. The number of nitrogens with zero attached hydrogens (tertiary/aromatic N) is 4. The molecule has 0 saturated carbocycles. The molecular formula is C24H25N5O5. The van der Waals surface area contributed by atoms with Gasteiger partial charge in [-0.1, -0.05) is 37.2 Å². The van der Waals surface area contributed by atoms with Gasteiger partial charge < -0.3 is 19.7 Å². The highest BCUT2D eigenvalue weighted by Gasteiger charge is 2.27. The van der Waals surface area contributed by atoms with Gasteiger partial charge in [-0.15, -0.1) is 0 Å². The molecule has 0 spiro atoms. The number of ether oxygens (including phenoxy) is 1. The van der Waals surface area contributed by atoms with E-state index in [2.05, 4.69) is 20.4 Å². The maximum absolute atomic E-state index is 13.3. The number of carbonyl (C=O) groups is 1. The quantitative estimate of drug-likeness (QED) is 0.408. The smallest absolute Gasteiger partial charge is 0.265 e. The third-order valence-corrected chi connectivity index (χ3v) is 5.44. The normalized spacial score (nSPS) is 12.1. The van der Waals surface area contributed by atoms with Crippen LogP contribution in [0.4, 0.5) is 0 Å². The van der Waals surface area contributed by atoms with E-state index in [-0.39, 0.29) is 36.2 Å². The van der Waals surface area contributed by atoms with Crippen LogP contribution in [0.2, 0.25) is 0 Å². The van der Waals surface area contributed by atoms with Crippen molar-refractivity contribution in [2.45, 2.75) is 38.6 Å². The summed E-state index contributed by atoms with van der Waals surface area (Å²) in [7, 11) is 1.55. The second-order valence-electron chi connectivity index (χ2n) is 8.09. The van der Waals surface area contributed by atoms with Gasteiger partial charge in [-0.2, -0.15) is 9.97 Å². The topological polar surface area (TPSA) is 132 Å². The van der Waals surface area contributed by atoms with E-state index in [9.17, 15) is 14.7 Å². The summed E-state index contributed by atoms with van der Waals surface area (Å²) in [6, 6.07) is 12.0. The number of carbonyl (C=O) groups excluding carboxylic acids is 1. The summed E-state index contributed by atoms with van der Waals surface area (Å²) >= 11 is 0. The summed E-state index contributed by atoms with van der Waals surface area (Å²) in [6.07, 6.45) is 1.46. The first kappa shape index (κ1) is 23.0. The van der Waals surface area contributed by atoms with Crippen molar-refractivity contribution in [3.8, 4) is 11.6 Å². The number of hydrogen-bond donors (Lipinski definition) is 2. The fraction of sp³-hybridized carbons (Fsp3) is 0.292. The van der Waals surface area contributed by atoms with Crippen LogP contribution in [0.15, 0.2) is 58.0 Å². The van der Waals surface area contributed by atoms with E-state index in [1.54, 1.807) is 55.8 Å². The number of aromatic hydroxyl groups is 1. The van der Waals surface area contributed by atoms with Crippen molar-refractivity contribution in [2.24, 2.45) is 0 Å². The highest BCUT2D eigenvalue weighted by atomic mass is 16.5. The zero-order valence-corrected chi connectivity index (χ0v) is 19.1. The standard InChI is InChI=1S/C24H25N5O5/c1-14(2)22-27-20(34-28-22)13-25-19(30)12-17(15-7-9-16(33-3)10-8-15)21-23(31)26-18-6-4-5-11-29(18)24(21)32/h4-11,14,17,31H,12-13H2,1-3H3,(H,25,30). The number of fused-ring (bicyclic) bond motifs is 1. The molecule has 1 unspecified atom stereocenters. The van der Waals surface area contributed by atoms with E-state index in [1.807, 2.05) is 13.8 Å². The summed E-state index contributed by atoms with van der Waals surface area (Å²) in [5.41, 5.74) is 0.545. The Morgan fingerprint density at radius 1 is 1.18 bits per heavy atom. The molecule has 34 heavy (non-hydrogen) atoms. The van der Waals surface area contributed by atoms with Gasteiger partial charge in [0, 0.05) is 24.5 Å². The van der Waals surface area contributed by atoms with Crippen molar-refractivity contribution in [2.75, 3.05) is 7.11 Å². The van der Waals surface area contributed by atoms with Crippen molar-refractivity contribution >= 4 is 11.6 Å². The Morgan fingerprint density at radius 3 is 2.62 bits per heavy atom. The Kier molecular flexibility index (Phi) is 6.58. The van der Waals surface area contributed by atoms with Crippen LogP contribution in [-0.4, -0.2) is 37.6 Å². The Morgan fingerprint density at radius 2 is 1.94 bits per heavy atom. The third-order valence-electron chi connectivity index (χ3n) is 5.44. The van der Waals surface area contributed by atoms with Crippen LogP contribution in [0.5, 0.6) is 11.6 Å². The minimum atomic E-state index is -0.753. The van der Waals surface area contributed by atoms with Gasteiger partial charge in [-0.05, 0) is 29.8 Å². The van der Waals surface area contributed by atoms with E-state index in [0.29, 0.717) is 22.8 Å². The maximum atomic E-state index is 13.3. The Balaban J connectivity index is 1.65. The van der Waals surface area contributed by atoms with E-state index in [4.69, 9.17) is 9.26 Å². The SMILES string of the molecule is COc1ccc(C(CC(=O)NCc2nc(C(C)C)no2)c2c(O)nc3ccccn3c2=O)cc1. The number of amides is 1. The third kappa shape index (κ3) is 4.75. The van der Waals surface area contributed by atoms with Crippen molar-refractivity contribution in [1.82, 2.24) is 24.8 Å². The van der Waals surface area contributed by atoms with Gasteiger partial charge in [-0.3, -0.25) is 14.0 Å². The first-order valence-electron chi connectivity index (χ1n) is 10.8. The van der Waals surface area contributed by atoms with Gasteiger partial charge in [0.25, 0.3) is 5.56 Å². The second-order valence-corrected chi connectivity index (χ2v) is 8.09. The molecule has 0 bridgehead atoms. The van der Waals surface area contributed by atoms with E-state index >= 15 is 0 Å². The van der Waals surface area contributed by atoms with Gasteiger partial charge in [0.15, 0.2) is 5.82 Å². The lowest BCUT2D eigenvalue weighted by Crippen LogP contribution is -2.28. The molecule has 4 aromatic rings. The van der Waals surface area contributed by atoms with Crippen LogP contribution in [0, 0.1) is 0 Å². The zero-order chi connectivity index (χ0) is 24.2. The largest absolute Gasteiger partial charge is 0.497 e. The Hall–Kier alpha value is -4.21. The van der Waals surface area contributed by atoms with E-state index < -0.39 is 17.4 Å². The molecule has 3 heterocycles. The predicted molar refractivity (Wildman–Crippen MR) is 123 cm³/mol. The molecule has 4 rings (SSSR count). The zero-order valence-electron chi connectivity index (χ0n) is 19.1. The first-order chi connectivity index (χ1) is 16.4. The van der Waals surface area contributed by atoms with Gasteiger partial charge in [0.1, 0.15) is 11.4 Å². The van der Waals surface area contributed by atoms with Gasteiger partial charge >= 0.3 is 0 Å². The lowest BCUT2D eigenvalue weighted by atomic mass is 9.89. The van der Waals surface area contributed by atoms with Crippen LogP contribution in [0.3, 0.4) is 0 Å². The van der Waals surface area contributed by atoms with Gasteiger partial charge in [-0.25, -0.2) is 0 Å². The molecule has 0 saturated heterocycles. The molecule has 0 aliphatic heterocycles. The maximum Gasteiger partial charge on any atom is 0.265 e. The number of hydrogen-bond acceptors (Lipinski definition) is 8. The molecule has 0 aliphatic carbocycles. The summed E-state index contributed by atoms with van der Waals surface area (Å²) in [4.78, 5) is 34.6. The summed E-state index contributed by atoms with van der Waals surface area (Å²) < 4.78 is 11.7. The molecule has 176 valence electrons. The number of pyridine rings is 1. The number of aromatic nitrogens is 4. The average molecular weight is 463 g/mol. The molecule has 1 atom stereocenters. The summed E-state index contributed by atoms with van der Waals surface area (Å²) in [5.74, 6) is 0.0436. The van der Waals surface area contributed by atoms with Crippen LogP contribution in [0.25, 0.3) is 5.65 Å². The fourth-order valence-corrected chi connectivity index (χ4v) is 3.62. The van der Waals surface area contributed by atoms with E-state index in [1.165, 1.54) is 4.40 Å². The van der Waals surface area contributed by atoms with Crippen LogP contribution >= 0.6 is 0 Å². The molecule has 3 aromatic heterocycles. The van der Waals surface area contributed by atoms with Gasteiger partial charge in [0.2, 0.25) is 17.7 Å². The lowest BCUT2D eigenvalue weighted by molar-refractivity contribution is -0.121. The molecule has 0 fully saturated rings. The number of rotatable bonds is 8. The van der Waals surface area contributed by atoms with Crippen LogP contribution < -0.4 is 15.6 Å². The molecule has 2 N–H and O–H groups in total. The summed E-state index contributed by atoms with van der Waals surface area (Å²) in [5, 5.41) is 17.3. The van der Waals surface area contributed by atoms with E-state index in [0.717, 1.165) is 0 Å². The Labute approximate surface area is 195 Å². The number of benzene rings is 1. The average Bonchev–Trinajstić information content (AvgIpc) is 3.32. The molecule has 0 radical (unpaired) electrons. The molecular weight excluding hydrogens is 438 g/mol. The minimum Gasteiger partial charge on any atom is -0.497 e. The monoisotopic (exact) mass is 463 g/mol. The fourth-order valence-electron chi connectivity index (χ4n) is 3.62. The van der Waals surface area contributed by atoms with Crippen molar-refractivity contribution in [1.29, 1.82) is 0 Å². The molecule has 10 heteroatoms. The molecule has 10 nitrogen and oxygen atoms in total. The minimum absolute atomic E-state index is 0.0314. The van der Waals surface area contributed by atoms with Crippen molar-refractivity contribution in [3.05, 3.63) is 81.9 Å². The molecule has 0 aliphatic rings. The molecule has 1 aromatic carbocycles. The van der Waals surface area contributed by atoms with Crippen molar-refractivity contribution < 1.29 is 19.2 Å².